The van der Waals surface area contributed by atoms with E-state index >= 15 is 0 Å². The Kier molecular flexibility index (Phi) is 12.8. The number of likely N-dealkylation sites (tertiary alicyclic amines) is 1. The molecule has 2 N–H and O–H groups in total. The van der Waals surface area contributed by atoms with Gasteiger partial charge in [0.25, 0.3) is 7.52 Å². The van der Waals surface area contributed by atoms with Crippen molar-refractivity contribution in [2.75, 3.05) is 12.7 Å². The number of carboxylic acids is 1. The summed E-state index contributed by atoms with van der Waals surface area (Å²) in [7, 11) is -3.65. The molecule has 1 fully saturated rings. The number of carbonyl (C=O) groups is 3. The summed E-state index contributed by atoms with van der Waals surface area (Å²) in [5.41, 5.74) is 1.17. The lowest BCUT2D eigenvalue weighted by molar-refractivity contribution is -0.169. The number of amides is 1. The van der Waals surface area contributed by atoms with Crippen molar-refractivity contribution < 1.29 is 33.3 Å². The maximum atomic E-state index is 14.1. The molecule has 1 aromatic rings. The minimum atomic E-state index is -3.65. The van der Waals surface area contributed by atoms with Crippen LogP contribution in [0.4, 0.5) is 0 Å². The lowest BCUT2D eigenvalue weighted by Crippen LogP contribution is -2.48. The lowest BCUT2D eigenvalue weighted by atomic mass is 10.1. The molecule has 1 aromatic carbocycles. The van der Waals surface area contributed by atoms with Crippen LogP contribution in [-0.2, 0) is 34.6 Å². The average Bonchev–Trinajstić information content (AvgIpc) is 3.35. The number of nitrogens with zero attached hydrogens (tertiary/aromatic N) is 1. The van der Waals surface area contributed by atoms with Gasteiger partial charge in [0.15, 0.2) is 0 Å². The molecule has 1 aliphatic rings. The standard InChI is InChI=1S/C27H43N2O7P/c1-5-6-17-24(30)35-27(20(2)3)36-37(34,19-11-10-15-22-13-8-7-9-14-22)28-21(4)25(31)29-18-12-16-23(29)26(32)33/h7-9,13-14,20-21,23,27H,5-6,10-12,15-19H2,1-4H3,(H,28,34)(H,32,33)/t21-,23-,27?,37?/m0/s1. The first kappa shape index (κ1) is 31.0. The van der Waals surface area contributed by atoms with Gasteiger partial charge in [0.1, 0.15) is 6.04 Å². The van der Waals surface area contributed by atoms with Crippen molar-refractivity contribution in [2.24, 2.45) is 5.92 Å². The number of benzene rings is 1. The predicted octanol–water partition coefficient (Wildman–Crippen LogP) is 4.99. The number of unbranched alkanes of at least 4 members (excludes halogenated alkanes) is 2. The van der Waals surface area contributed by atoms with Crippen LogP contribution in [0.25, 0.3) is 0 Å². The lowest BCUT2D eigenvalue weighted by Gasteiger charge is -2.31. The number of hydrogen-bond donors (Lipinski definition) is 2. The zero-order chi connectivity index (χ0) is 27.4. The van der Waals surface area contributed by atoms with Gasteiger partial charge in [-0.15, -0.1) is 0 Å². The fourth-order valence-corrected chi connectivity index (χ4v) is 6.54. The summed E-state index contributed by atoms with van der Waals surface area (Å²) >= 11 is 0. The first-order valence-corrected chi connectivity index (χ1v) is 15.2. The van der Waals surface area contributed by atoms with Crippen molar-refractivity contribution in [3.63, 3.8) is 0 Å². The van der Waals surface area contributed by atoms with Gasteiger partial charge in [-0.3, -0.25) is 18.7 Å². The maximum Gasteiger partial charge on any atom is 0.326 e. The number of hydrogen-bond acceptors (Lipinski definition) is 6. The van der Waals surface area contributed by atoms with E-state index in [-0.39, 0.29) is 18.5 Å². The summed E-state index contributed by atoms with van der Waals surface area (Å²) in [6.07, 6.45) is 4.03. The van der Waals surface area contributed by atoms with Crippen LogP contribution in [0.5, 0.6) is 0 Å². The van der Waals surface area contributed by atoms with Crippen LogP contribution in [0.1, 0.15) is 78.2 Å². The van der Waals surface area contributed by atoms with Crippen molar-refractivity contribution >= 4 is 25.4 Å². The quantitative estimate of drug-likeness (QED) is 0.131. The highest BCUT2D eigenvalue weighted by atomic mass is 31.2. The zero-order valence-corrected chi connectivity index (χ0v) is 23.5. The molecule has 208 valence electrons. The molecule has 1 heterocycles. The Morgan fingerprint density at radius 3 is 2.46 bits per heavy atom. The maximum absolute atomic E-state index is 14.1. The van der Waals surface area contributed by atoms with Crippen LogP contribution in [0.15, 0.2) is 30.3 Å². The average molecular weight is 539 g/mol. The number of nitrogens with one attached hydrogen (secondary N) is 1. The fourth-order valence-electron chi connectivity index (χ4n) is 4.28. The Labute approximate surface area is 220 Å². The zero-order valence-electron chi connectivity index (χ0n) is 22.6. The van der Waals surface area contributed by atoms with Crippen LogP contribution in [0, 0.1) is 5.92 Å². The van der Waals surface area contributed by atoms with Crippen molar-refractivity contribution in [1.29, 1.82) is 0 Å². The number of esters is 1. The topological polar surface area (TPSA) is 122 Å². The first-order chi connectivity index (χ1) is 17.6. The molecule has 1 saturated heterocycles. The first-order valence-electron chi connectivity index (χ1n) is 13.4. The van der Waals surface area contributed by atoms with Crippen molar-refractivity contribution in [1.82, 2.24) is 9.99 Å². The van der Waals surface area contributed by atoms with Gasteiger partial charge >= 0.3 is 11.9 Å². The second-order valence-electron chi connectivity index (χ2n) is 10.0. The highest BCUT2D eigenvalue weighted by Crippen LogP contribution is 2.47. The molecule has 37 heavy (non-hydrogen) atoms. The summed E-state index contributed by atoms with van der Waals surface area (Å²) in [6, 6.07) is 8.16. The number of rotatable bonds is 16. The van der Waals surface area contributed by atoms with Crippen molar-refractivity contribution in [2.45, 2.75) is 97.4 Å². The summed E-state index contributed by atoms with van der Waals surface area (Å²) in [5, 5.41) is 12.4. The molecule has 9 nitrogen and oxygen atoms in total. The van der Waals surface area contributed by atoms with Gasteiger partial charge < -0.3 is 14.7 Å². The molecule has 0 spiro atoms. The van der Waals surface area contributed by atoms with E-state index in [1.807, 2.05) is 51.1 Å². The Bertz CT molecular complexity index is 925. The number of aliphatic carboxylic acids is 1. The van der Waals surface area contributed by atoms with Crippen LogP contribution in [0.3, 0.4) is 0 Å². The molecule has 4 atom stereocenters. The van der Waals surface area contributed by atoms with Crippen LogP contribution < -0.4 is 5.09 Å². The predicted molar refractivity (Wildman–Crippen MR) is 142 cm³/mol. The molecule has 2 rings (SSSR count). The van der Waals surface area contributed by atoms with E-state index in [9.17, 15) is 24.1 Å². The second kappa shape index (κ2) is 15.3. The Morgan fingerprint density at radius 2 is 1.84 bits per heavy atom. The van der Waals surface area contributed by atoms with Crippen molar-refractivity contribution in [3.8, 4) is 0 Å². The molecule has 0 radical (unpaired) electrons. The SMILES string of the molecule is CCCCC(=O)OC(OP(=O)(CCCCc1ccccc1)N[C@@H](C)C(=O)N1CCC[C@H]1C(=O)O)C(C)C. The molecule has 0 aliphatic carbocycles. The second-order valence-corrected chi connectivity index (χ2v) is 12.3. The minimum Gasteiger partial charge on any atom is -0.480 e. The van der Waals surface area contributed by atoms with Gasteiger partial charge in [-0.1, -0.05) is 57.5 Å². The third-order valence-corrected chi connectivity index (χ3v) is 8.63. The van der Waals surface area contributed by atoms with Crippen LogP contribution in [-0.4, -0.2) is 58.9 Å². The Balaban J connectivity index is 2.12. The number of aryl methyl sites for hydroxylation is 1. The molecule has 0 saturated carbocycles. The van der Waals surface area contributed by atoms with E-state index in [4.69, 9.17) is 9.26 Å². The van der Waals surface area contributed by atoms with Gasteiger partial charge in [-0.2, -0.15) is 0 Å². The fraction of sp³-hybridized carbons (Fsp3) is 0.667. The van der Waals surface area contributed by atoms with Gasteiger partial charge in [0.2, 0.25) is 12.2 Å². The van der Waals surface area contributed by atoms with Gasteiger partial charge in [-0.25, -0.2) is 9.88 Å². The normalized spacial score (nSPS) is 18.8. The summed E-state index contributed by atoms with van der Waals surface area (Å²) < 4.78 is 25.6. The molecule has 10 heteroatoms. The number of ether oxygens (including phenoxy) is 1. The van der Waals surface area contributed by atoms with E-state index in [0.29, 0.717) is 32.2 Å². The van der Waals surface area contributed by atoms with Crippen LogP contribution in [0.2, 0.25) is 0 Å². The molecule has 1 aliphatic heterocycles. The molecular weight excluding hydrogens is 495 g/mol. The van der Waals surface area contributed by atoms with E-state index in [1.165, 1.54) is 10.5 Å². The summed E-state index contributed by atoms with van der Waals surface area (Å²) in [6.45, 7) is 7.51. The Hall–Kier alpha value is -2.22. The van der Waals surface area contributed by atoms with Gasteiger partial charge in [0.05, 0.1) is 6.04 Å². The van der Waals surface area contributed by atoms with Crippen molar-refractivity contribution in [3.05, 3.63) is 35.9 Å². The minimum absolute atomic E-state index is 0.148. The molecule has 0 bridgehead atoms. The third kappa shape index (κ3) is 10.2. The number of carbonyl (C=O) groups excluding carboxylic acids is 2. The van der Waals surface area contributed by atoms with E-state index in [0.717, 1.165) is 19.3 Å². The largest absolute Gasteiger partial charge is 0.480 e. The van der Waals surface area contributed by atoms with Gasteiger partial charge in [0, 0.05) is 25.0 Å². The molecule has 2 unspecified atom stereocenters. The third-order valence-electron chi connectivity index (χ3n) is 6.39. The summed E-state index contributed by atoms with van der Waals surface area (Å²) in [4.78, 5) is 38.3. The smallest absolute Gasteiger partial charge is 0.326 e. The van der Waals surface area contributed by atoms with Crippen LogP contribution >= 0.6 is 7.52 Å². The highest BCUT2D eigenvalue weighted by Gasteiger charge is 2.39. The number of carboxylic acid groups (broad SMARTS) is 1. The van der Waals surface area contributed by atoms with E-state index in [2.05, 4.69) is 5.09 Å². The molecular formula is C27H43N2O7P. The van der Waals surface area contributed by atoms with Gasteiger partial charge in [-0.05, 0) is 51.0 Å². The van der Waals surface area contributed by atoms with E-state index < -0.39 is 43.7 Å². The Morgan fingerprint density at radius 1 is 1.14 bits per heavy atom. The molecule has 0 aromatic heterocycles. The highest BCUT2D eigenvalue weighted by molar-refractivity contribution is 7.56. The van der Waals surface area contributed by atoms with E-state index in [1.54, 1.807) is 6.92 Å². The monoisotopic (exact) mass is 538 g/mol. The molecule has 1 amide bonds. The summed E-state index contributed by atoms with van der Waals surface area (Å²) in [5.74, 6) is -2.15.